The van der Waals surface area contributed by atoms with Gasteiger partial charge in [-0.1, -0.05) is 36.9 Å². The fourth-order valence-corrected chi connectivity index (χ4v) is 6.96. The second-order valence-corrected chi connectivity index (χ2v) is 12.9. The number of piperazine rings is 1. The third-order valence-electron chi connectivity index (χ3n) is 8.87. The molecule has 4 aromatic rings. The number of fused-ring (bicyclic) bond motifs is 1. The molecule has 2 aliphatic heterocycles. The van der Waals surface area contributed by atoms with Gasteiger partial charge in [0, 0.05) is 75.7 Å². The van der Waals surface area contributed by atoms with Crippen molar-refractivity contribution in [2.75, 3.05) is 79.9 Å². The van der Waals surface area contributed by atoms with E-state index in [0.29, 0.717) is 22.8 Å². The zero-order valence-electron chi connectivity index (χ0n) is 27.0. The predicted molar refractivity (Wildman–Crippen MR) is 192 cm³/mol. The van der Waals surface area contributed by atoms with Crippen molar-refractivity contribution in [3.05, 3.63) is 53.4 Å². The van der Waals surface area contributed by atoms with E-state index >= 15 is 0 Å². The molecule has 6 rings (SSSR count). The maximum absolute atomic E-state index is 6.59. The molecule has 2 aromatic carbocycles. The molecule has 2 saturated heterocycles. The normalized spacial score (nSPS) is 16.5. The van der Waals surface area contributed by atoms with Gasteiger partial charge in [0.05, 0.1) is 35.9 Å². The average Bonchev–Trinajstić information content (AvgIpc) is 3.08. The monoisotopic (exact) mass is 662 g/mol. The molecule has 4 heterocycles. The van der Waals surface area contributed by atoms with E-state index in [2.05, 4.69) is 71.1 Å². The molecule has 3 N–H and O–H groups in total. The second kappa shape index (κ2) is 14.9. The third-order valence-corrected chi connectivity index (χ3v) is 9.55. The SMILES string of the molecule is CCCc1cc(Nc2ncc(Cl)c(Nc3ccc4nccnc4c3NSC)n2)c(OC)cc1N1CCC(N2CCN(C)CC2)CC1. The number of aryl methyl sites for hydroxylation is 1. The molecule has 0 spiro atoms. The first-order valence-electron chi connectivity index (χ1n) is 15.9. The molecule has 0 bridgehead atoms. The highest BCUT2D eigenvalue weighted by Gasteiger charge is 2.28. The molecule has 2 fully saturated rings. The third kappa shape index (κ3) is 7.20. The highest BCUT2D eigenvalue weighted by Crippen LogP contribution is 2.38. The Morgan fingerprint density at radius 2 is 1.76 bits per heavy atom. The zero-order valence-corrected chi connectivity index (χ0v) is 28.6. The van der Waals surface area contributed by atoms with Gasteiger partial charge in [-0.05, 0) is 50.1 Å². The van der Waals surface area contributed by atoms with Gasteiger partial charge in [0.2, 0.25) is 5.95 Å². The standard InChI is InChI=1S/C33H43ClN10OS/c1-5-6-22-19-27(29(45-3)20-28(22)44-13-9-23(10-14-44)43-17-15-42(2)16-18-43)39-33-37-21-24(34)32(40-33)38-26-8-7-25-30(31(26)41-46-4)36-12-11-35-25/h7-8,11-12,19-21,23,41H,5-6,9-10,13-18H2,1-4H3,(H2,37,38,39,40). The van der Waals surface area contributed by atoms with E-state index in [1.54, 1.807) is 25.7 Å². The van der Waals surface area contributed by atoms with E-state index in [0.717, 1.165) is 72.9 Å². The number of piperidine rings is 1. The number of hydrogen-bond donors (Lipinski definition) is 3. The summed E-state index contributed by atoms with van der Waals surface area (Å²) in [6, 6.07) is 8.89. The van der Waals surface area contributed by atoms with Crippen molar-refractivity contribution in [3.63, 3.8) is 0 Å². The highest BCUT2D eigenvalue weighted by atomic mass is 35.5. The molecule has 11 nitrogen and oxygen atoms in total. The molecule has 0 atom stereocenters. The number of nitrogens with zero attached hydrogens (tertiary/aromatic N) is 7. The largest absolute Gasteiger partial charge is 0.494 e. The van der Waals surface area contributed by atoms with Crippen LogP contribution in [0.5, 0.6) is 5.75 Å². The molecular weight excluding hydrogens is 620 g/mol. The number of hydrogen-bond acceptors (Lipinski definition) is 12. The van der Waals surface area contributed by atoms with Gasteiger partial charge < -0.3 is 29.9 Å². The van der Waals surface area contributed by atoms with Gasteiger partial charge in [0.1, 0.15) is 16.3 Å². The van der Waals surface area contributed by atoms with Crippen LogP contribution in [0.4, 0.5) is 34.5 Å². The number of nitrogens with one attached hydrogen (secondary N) is 3. The quantitative estimate of drug-likeness (QED) is 0.154. The number of methoxy groups -OCH3 is 1. The molecule has 2 aliphatic rings. The molecule has 0 amide bonds. The van der Waals surface area contributed by atoms with Crippen LogP contribution < -0.4 is 25.0 Å². The van der Waals surface area contributed by atoms with Crippen LogP contribution in [0, 0.1) is 0 Å². The van der Waals surface area contributed by atoms with E-state index < -0.39 is 0 Å². The Balaban J connectivity index is 1.22. The molecule has 46 heavy (non-hydrogen) atoms. The number of halogens is 1. The summed E-state index contributed by atoms with van der Waals surface area (Å²) in [5.74, 6) is 1.64. The van der Waals surface area contributed by atoms with Crippen molar-refractivity contribution in [1.82, 2.24) is 29.7 Å². The first-order chi connectivity index (χ1) is 22.5. The Hall–Kier alpha value is -3.58. The first-order valence-corrected chi connectivity index (χ1v) is 17.6. The average molecular weight is 663 g/mol. The Morgan fingerprint density at radius 3 is 2.50 bits per heavy atom. The Bertz CT molecular complexity index is 1640. The summed E-state index contributed by atoms with van der Waals surface area (Å²) >= 11 is 8.06. The van der Waals surface area contributed by atoms with E-state index in [-0.39, 0.29) is 0 Å². The zero-order chi connectivity index (χ0) is 32.0. The molecule has 0 unspecified atom stereocenters. The highest BCUT2D eigenvalue weighted by molar-refractivity contribution is 7.99. The molecule has 0 radical (unpaired) electrons. The maximum atomic E-state index is 6.59. The van der Waals surface area contributed by atoms with Crippen LogP contribution in [0.1, 0.15) is 31.7 Å². The lowest BCUT2D eigenvalue weighted by Crippen LogP contribution is -2.52. The van der Waals surface area contributed by atoms with Crippen LogP contribution in [-0.2, 0) is 6.42 Å². The summed E-state index contributed by atoms with van der Waals surface area (Å²) in [6.07, 6.45) is 11.3. The number of anilines is 6. The molecule has 13 heteroatoms. The maximum Gasteiger partial charge on any atom is 0.229 e. The van der Waals surface area contributed by atoms with Gasteiger partial charge in [0.25, 0.3) is 0 Å². The Kier molecular flexibility index (Phi) is 10.5. The lowest BCUT2D eigenvalue weighted by atomic mass is 9.99. The van der Waals surface area contributed by atoms with Crippen LogP contribution in [-0.4, -0.2) is 95.5 Å². The second-order valence-electron chi connectivity index (χ2n) is 11.8. The van der Waals surface area contributed by atoms with Crippen molar-refractivity contribution < 1.29 is 4.74 Å². The molecule has 0 aliphatic carbocycles. The van der Waals surface area contributed by atoms with Crippen LogP contribution in [0.3, 0.4) is 0 Å². The van der Waals surface area contributed by atoms with Crippen molar-refractivity contribution in [1.29, 1.82) is 0 Å². The van der Waals surface area contributed by atoms with E-state index in [4.69, 9.17) is 21.3 Å². The summed E-state index contributed by atoms with van der Waals surface area (Å²) in [4.78, 5) is 25.9. The fraction of sp³-hybridized carbons (Fsp3) is 0.455. The summed E-state index contributed by atoms with van der Waals surface area (Å²) in [6.45, 7) is 8.99. The van der Waals surface area contributed by atoms with Crippen molar-refractivity contribution in [2.24, 2.45) is 0 Å². The van der Waals surface area contributed by atoms with Gasteiger partial charge >= 0.3 is 0 Å². The number of likely N-dealkylation sites (N-methyl/N-ethyl adjacent to an activating group) is 1. The van der Waals surface area contributed by atoms with Gasteiger partial charge in [0.15, 0.2) is 5.82 Å². The van der Waals surface area contributed by atoms with E-state index in [9.17, 15) is 0 Å². The fourth-order valence-electron chi connectivity index (χ4n) is 6.41. The lowest BCUT2D eigenvalue weighted by Gasteiger charge is -2.43. The number of aromatic nitrogens is 4. The lowest BCUT2D eigenvalue weighted by molar-refractivity contribution is 0.0982. The van der Waals surface area contributed by atoms with E-state index in [1.807, 2.05) is 18.4 Å². The summed E-state index contributed by atoms with van der Waals surface area (Å²) in [5, 5.41) is 7.18. The van der Waals surface area contributed by atoms with Crippen LogP contribution in [0.15, 0.2) is 42.9 Å². The van der Waals surface area contributed by atoms with Crippen molar-refractivity contribution in [2.45, 2.75) is 38.6 Å². The smallest absolute Gasteiger partial charge is 0.229 e. The first kappa shape index (κ1) is 32.4. The Labute approximate surface area is 280 Å². The minimum absolute atomic E-state index is 0.397. The van der Waals surface area contributed by atoms with Gasteiger partial charge in [-0.2, -0.15) is 4.98 Å². The van der Waals surface area contributed by atoms with Crippen LogP contribution >= 0.6 is 23.5 Å². The molecule has 244 valence electrons. The number of benzene rings is 2. The summed E-state index contributed by atoms with van der Waals surface area (Å²) < 4.78 is 9.24. The van der Waals surface area contributed by atoms with Gasteiger partial charge in [-0.3, -0.25) is 14.9 Å². The van der Waals surface area contributed by atoms with Gasteiger partial charge in [-0.15, -0.1) is 0 Å². The Morgan fingerprint density at radius 1 is 0.978 bits per heavy atom. The number of rotatable bonds is 11. The topological polar surface area (TPSA) is 107 Å². The summed E-state index contributed by atoms with van der Waals surface area (Å²) in [5.41, 5.74) is 6.49. The molecule has 2 aromatic heterocycles. The van der Waals surface area contributed by atoms with Crippen LogP contribution in [0.25, 0.3) is 11.0 Å². The van der Waals surface area contributed by atoms with E-state index in [1.165, 1.54) is 49.1 Å². The minimum Gasteiger partial charge on any atom is -0.494 e. The van der Waals surface area contributed by atoms with Crippen LogP contribution in [0.2, 0.25) is 5.02 Å². The minimum atomic E-state index is 0.397. The predicted octanol–water partition coefficient (Wildman–Crippen LogP) is 6.43. The molecule has 0 saturated carbocycles. The van der Waals surface area contributed by atoms with Crippen molar-refractivity contribution >= 4 is 69.1 Å². The summed E-state index contributed by atoms with van der Waals surface area (Å²) in [7, 11) is 3.93. The number of ether oxygens (including phenoxy) is 1. The van der Waals surface area contributed by atoms with Crippen molar-refractivity contribution in [3.8, 4) is 5.75 Å². The molecular formula is C33H43ClN10OS. The van der Waals surface area contributed by atoms with Gasteiger partial charge in [-0.25, -0.2) is 4.98 Å².